The van der Waals surface area contributed by atoms with E-state index < -0.39 is 23.9 Å². The third kappa shape index (κ3) is 13.0. The van der Waals surface area contributed by atoms with Gasteiger partial charge in [-0.15, -0.1) is 0 Å². The lowest BCUT2D eigenvalue weighted by atomic mass is 10.00. The molecule has 0 bridgehead atoms. The highest BCUT2D eigenvalue weighted by Gasteiger charge is 2.40. The fourth-order valence-electron chi connectivity index (χ4n) is 10.7. The molecule has 19 heteroatoms. The number of ether oxygens (including phenoxy) is 2. The second-order valence-electron chi connectivity index (χ2n) is 20.3. The number of aryl methyl sites for hydroxylation is 1. The van der Waals surface area contributed by atoms with E-state index in [1.807, 2.05) is 48.5 Å². The summed E-state index contributed by atoms with van der Waals surface area (Å²) in [6.45, 7) is 13.6. The molecule has 6 heterocycles. The number of benzene rings is 4. The molecule has 2 atom stereocenters. The number of hydrogen-bond acceptors (Lipinski definition) is 12. The third-order valence-electron chi connectivity index (χ3n) is 15.1. The molecule has 0 saturated carbocycles. The summed E-state index contributed by atoms with van der Waals surface area (Å²) in [7, 11) is 0. The van der Waals surface area contributed by atoms with Gasteiger partial charge in [-0.05, 0) is 107 Å². The van der Waals surface area contributed by atoms with Crippen LogP contribution < -0.4 is 20.9 Å². The highest BCUT2D eigenvalue weighted by atomic mass is 35.5. The van der Waals surface area contributed by atoms with Crippen LogP contribution in [0.2, 0.25) is 5.02 Å². The molecule has 2 unspecified atom stereocenters. The highest BCUT2D eigenvalue weighted by molar-refractivity contribution is 6.31. The Morgan fingerprint density at radius 3 is 1.74 bits per heavy atom. The molecule has 0 radical (unpaired) electrons. The van der Waals surface area contributed by atoms with Crippen molar-refractivity contribution in [3.8, 4) is 0 Å². The van der Waals surface area contributed by atoms with Crippen molar-refractivity contribution in [2.24, 2.45) is 0 Å². The molecule has 0 aliphatic carbocycles. The Labute approximate surface area is 447 Å². The van der Waals surface area contributed by atoms with Crippen molar-refractivity contribution in [3.05, 3.63) is 133 Å². The number of amides is 8. The van der Waals surface area contributed by atoms with Crippen LogP contribution in [0.25, 0.3) is 0 Å². The van der Waals surface area contributed by atoms with Crippen LogP contribution >= 0.6 is 11.6 Å². The van der Waals surface area contributed by atoms with E-state index in [0.717, 1.165) is 118 Å². The molecule has 0 spiro atoms. The summed E-state index contributed by atoms with van der Waals surface area (Å²) >= 11 is 6.50. The van der Waals surface area contributed by atoms with Gasteiger partial charge in [0.05, 0.1) is 39.4 Å². The molecule has 6 aliphatic rings. The number of carbonyl (C=O) groups excluding carboxylic acids is 8. The van der Waals surface area contributed by atoms with Crippen molar-refractivity contribution in [2.75, 3.05) is 70.6 Å². The maximum atomic E-state index is 13.0. The number of fused-ring (bicyclic) bond motifs is 2. The smallest absolute Gasteiger partial charge is 0.255 e. The normalized spacial score (nSPS) is 19.9. The first-order valence-electron chi connectivity index (χ1n) is 26.2. The predicted molar refractivity (Wildman–Crippen MR) is 282 cm³/mol. The van der Waals surface area contributed by atoms with E-state index in [9.17, 15) is 38.4 Å². The summed E-state index contributed by atoms with van der Waals surface area (Å²) < 4.78 is 10.9. The molecule has 76 heavy (non-hydrogen) atoms. The van der Waals surface area contributed by atoms with E-state index in [1.54, 1.807) is 17.0 Å². The molecule has 4 saturated heterocycles. The van der Waals surface area contributed by atoms with Crippen LogP contribution in [0.3, 0.4) is 0 Å². The summed E-state index contributed by atoms with van der Waals surface area (Å²) in [6.07, 6.45) is 3.12. The zero-order valence-electron chi connectivity index (χ0n) is 43.1. The number of halogens is 1. The Bertz CT molecular complexity index is 2920. The minimum atomic E-state index is -0.658. The Morgan fingerprint density at radius 2 is 1.18 bits per heavy atom. The van der Waals surface area contributed by atoms with Gasteiger partial charge < -0.3 is 29.5 Å². The third-order valence-corrected chi connectivity index (χ3v) is 15.5. The van der Waals surface area contributed by atoms with E-state index in [-0.39, 0.29) is 48.3 Å². The van der Waals surface area contributed by atoms with Gasteiger partial charge in [0.25, 0.3) is 11.8 Å². The minimum absolute atomic E-state index is 0.0604. The monoisotopic (exact) mass is 1060 g/mol. The number of morpholine rings is 2. The van der Waals surface area contributed by atoms with E-state index in [0.29, 0.717) is 61.6 Å². The zero-order valence-corrected chi connectivity index (χ0v) is 43.9. The van der Waals surface area contributed by atoms with Crippen molar-refractivity contribution in [1.82, 2.24) is 35.6 Å². The van der Waals surface area contributed by atoms with Crippen LogP contribution in [0, 0.1) is 6.92 Å². The first kappa shape index (κ1) is 54.0. The maximum Gasteiger partial charge on any atom is 0.255 e. The number of hydrogen-bond donors (Lipinski definition) is 3. The molecule has 4 aromatic rings. The molecule has 4 aromatic carbocycles. The first-order valence-corrected chi connectivity index (χ1v) is 26.6. The molecule has 3 N–H and O–H groups in total. The van der Waals surface area contributed by atoms with Gasteiger partial charge in [-0.2, -0.15) is 0 Å². The van der Waals surface area contributed by atoms with Gasteiger partial charge >= 0.3 is 0 Å². The number of carbonyl (C=O) groups is 8. The van der Waals surface area contributed by atoms with Crippen LogP contribution in [-0.4, -0.2) is 145 Å². The first-order chi connectivity index (χ1) is 36.7. The lowest BCUT2D eigenvalue weighted by Crippen LogP contribution is -2.52. The standard InChI is InChI=1S/C29H34N4O5.C28H31ClN4O5/c1-19-2-3-20(14-22(19)8-9-32-10-12-38-13-11-32)16-27(35)30-17-21-4-5-24-23(15-21)18-33(29(24)37)25-6-7-26(34)31-28(25)36;1-18(34)32(22-3-5-24(29)20(15-22)8-9-31-10-12-38-13-11-31)16-19-2-4-23-21(14-19)17-33(28(23)37)25-6-7-26(35)30-27(25)36/h2-5,14-15,25H,6-13,16-18H2,1H3,(H,30,35)(H,31,34,36);2-5,14-15,25H,6-13,16-17H2,1H3,(H,30,35,36). The summed E-state index contributed by atoms with van der Waals surface area (Å²) in [6, 6.07) is 21.6. The number of rotatable bonds is 15. The second kappa shape index (κ2) is 24.4. The Hall–Kier alpha value is -6.83. The van der Waals surface area contributed by atoms with Crippen LogP contribution in [0.1, 0.15) is 97.8 Å². The van der Waals surface area contributed by atoms with Crippen LogP contribution in [-0.2, 0) is 83.7 Å². The molecule has 8 amide bonds. The number of anilines is 1. The lowest BCUT2D eigenvalue weighted by Gasteiger charge is -2.29. The Morgan fingerprint density at radius 1 is 0.658 bits per heavy atom. The highest BCUT2D eigenvalue weighted by Crippen LogP contribution is 2.32. The fraction of sp³-hybridized carbons (Fsp3) is 0.439. The summed E-state index contributed by atoms with van der Waals surface area (Å²) in [5.41, 5.74) is 9.77. The van der Waals surface area contributed by atoms with Gasteiger partial charge in [-0.1, -0.05) is 54.1 Å². The molecule has 0 aromatic heterocycles. The minimum Gasteiger partial charge on any atom is -0.379 e. The summed E-state index contributed by atoms with van der Waals surface area (Å²) in [5, 5.41) is 8.31. The Kier molecular flexibility index (Phi) is 17.4. The Balaban J connectivity index is 0.000000186. The lowest BCUT2D eigenvalue weighted by molar-refractivity contribution is -0.138. The van der Waals surface area contributed by atoms with Gasteiger partial charge in [0.1, 0.15) is 12.1 Å². The van der Waals surface area contributed by atoms with Crippen molar-refractivity contribution in [2.45, 2.75) is 97.1 Å². The van der Waals surface area contributed by atoms with Crippen LogP contribution in [0.5, 0.6) is 0 Å². The van der Waals surface area contributed by atoms with E-state index >= 15 is 0 Å². The number of piperidine rings is 2. The van der Waals surface area contributed by atoms with E-state index in [2.05, 4.69) is 44.8 Å². The average Bonchev–Trinajstić information content (AvgIpc) is 3.93. The van der Waals surface area contributed by atoms with Crippen molar-refractivity contribution in [3.63, 3.8) is 0 Å². The van der Waals surface area contributed by atoms with Crippen molar-refractivity contribution < 1.29 is 47.8 Å². The molecular formula is C57H65ClN8O10. The van der Waals surface area contributed by atoms with E-state index in [1.165, 1.54) is 27.9 Å². The van der Waals surface area contributed by atoms with Crippen LogP contribution in [0.15, 0.2) is 72.8 Å². The maximum absolute atomic E-state index is 13.0. The van der Waals surface area contributed by atoms with Crippen molar-refractivity contribution in [1.29, 1.82) is 0 Å². The van der Waals surface area contributed by atoms with Gasteiger partial charge in [-0.25, -0.2) is 0 Å². The second-order valence-corrected chi connectivity index (χ2v) is 20.7. The summed E-state index contributed by atoms with van der Waals surface area (Å²) in [5.74, 6) is -2.05. The van der Waals surface area contributed by atoms with E-state index in [4.69, 9.17) is 21.1 Å². The van der Waals surface area contributed by atoms with Gasteiger partial charge in [0, 0.05) is 101 Å². The topological polar surface area (TPSA) is 207 Å². The molecule has 10 rings (SSSR count). The van der Waals surface area contributed by atoms with Crippen LogP contribution in [0.4, 0.5) is 5.69 Å². The quantitative estimate of drug-likeness (QED) is 0.145. The summed E-state index contributed by atoms with van der Waals surface area (Å²) in [4.78, 5) is 108. The molecule has 18 nitrogen and oxygen atoms in total. The zero-order chi connectivity index (χ0) is 53.5. The number of nitrogens with one attached hydrogen (secondary N) is 3. The van der Waals surface area contributed by atoms with Gasteiger partial charge in [0.2, 0.25) is 35.4 Å². The van der Waals surface area contributed by atoms with Gasteiger partial charge in [0.15, 0.2) is 0 Å². The SMILES string of the molecule is CC(=O)N(Cc1ccc2c(c1)CN(C1CCC(=O)NC1=O)C2=O)c1ccc(Cl)c(CCN2CCOCC2)c1.Cc1ccc(CC(=O)NCc2ccc3c(c2)CN(C2CCC(=O)NC2=O)C3=O)cc1CCN1CCOCC1. The molecule has 400 valence electrons. The number of imide groups is 2. The molecule has 6 aliphatic heterocycles. The van der Waals surface area contributed by atoms with Gasteiger partial charge in [-0.3, -0.25) is 58.8 Å². The fourth-order valence-corrected chi connectivity index (χ4v) is 10.9. The number of nitrogens with zero attached hydrogens (tertiary/aromatic N) is 5. The molecule has 4 fully saturated rings. The average molecular weight is 1060 g/mol. The molecular weight excluding hydrogens is 992 g/mol. The van der Waals surface area contributed by atoms with Crippen molar-refractivity contribution >= 4 is 64.5 Å². The predicted octanol–water partition coefficient (Wildman–Crippen LogP) is 4.02. The largest absolute Gasteiger partial charge is 0.379 e.